The molecule has 86 valence electrons. The maximum atomic E-state index is 12.0. The first-order valence-electron chi connectivity index (χ1n) is 5.96. The first-order chi connectivity index (χ1) is 7.66. The number of benzene rings is 1. The molecule has 0 amide bonds. The van der Waals surface area contributed by atoms with Crippen LogP contribution in [0.15, 0.2) is 22.7 Å². The average Bonchev–Trinajstić information content (AvgIpc) is 2.19. The highest BCUT2D eigenvalue weighted by molar-refractivity contribution is 9.10. The fourth-order valence-electron chi connectivity index (χ4n) is 2.15. The summed E-state index contributed by atoms with van der Waals surface area (Å²) in [6.07, 6.45) is 5.79. The average molecular weight is 281 g/mol. The first kappa shape index (κ1) is 11.8. The number of Topliss-reactive ketones (excluding diaryl/α,β-unsaturated/α-hetero) is 1. The van der Waals surface area contributed by atoms with Crippen LogP contribution in [0.3, 0.4) is 0 Å². The monoisotopic (exact) mass is 280 g/mol. The second-order valence-electron chi connectivity index (χ2n) is 4.72. The number of carbonyl (C=O) groups excluding carboxylic acids is 1. The highest BCUT2D eigenvalue weighted by Crippen LogP contribution is 2.31. The van der Waals surface area contributed by atoms with Crippen molar-refractivity contribution >= 4 is 21.7 Å². The summed E-state index contributed by atoms with van der Waals surface area (Å²) in [6.45, 7) is 2.00. The molecule has 16 heavy (non-hydrogen) atoms. The Hall–Kier alpha value is -0.630. The molecule has 0 N–H and O–H groups in total. The van der Waals surface area contributed by atoms with Crippen LogP contribution in [0.2, 0.25) is 0 Å². The van der Waals surface area contributed by atoms with E-state index in [9.17, 15) is 4.79 Å². The Labute approximate surface area is 105 Å². The normalized spacial score (nSPS) is 15.9. The zero-order valence-electron chi connectivity index (χ0n) is 9.63. The molecule has 0 aromatic heterocycles. The van der Waals surface area contributed by atoms with Gasteiger partial charge in [0, 0.05) is 16.5 Å². The molecular formula is C14H17BrO. The van der Waals surface area contributed by atoms with Crippen LogP contribution in [0.5, 0.6) is 0 Å². The largest absolute Gasteiger partial charge is 0.294 e. The van der Waals surface area contributed by atoms with Crippen molar-refractivity contribution in [2.75, 3.05) is 0 Å². The van der Waals surface area contributed by atoms with Crippen LogP contribution in [-0.4, -0.2) is 5.78 Å². The van der Waals surface area contributed by atoms with Gasteiger partial charge in [0.1, 0.15) is 0 Å². The fraction of sp³-hybridized carbons (Fsp3) is 0.500. The fourth-order valence-corrected chi connectivity index (χ4v) is 2.51. The molecule has 0 aliphatic heterocycles. The SMILES string of the molecule is Cc1ccc(Br)cc1C(=O)CCC1CCC1. The van der Waals surface area contributed by atoms with Gasteiger partial charge in [-0.15, -0.1) is 0 Å². The molecule has 0 radical (unpaired) electrons. The lowest BCUT2D eigenvalue weighted by atomic mass is 9.81. The molecule has 0 saturated heterocycles. The molecule has 0 atom stereocenters. The topological polar surface area (TPSA) is 17.1 Å². The van der Waals surface area contributed by atoms with Gasteiger partial charge in [0.2, 0.25) is 0 Å². The molecule has 0 unspecified atom stereocenters. The van der Waals surface area contributed by atoms with E-state index in [0.29, 0.717) is 12.2 Å². The van der Waals surface area contributed by atoms with E-state index in [1.54, 1.807) is 0 Å². The molecule has 1 aliphatic rings. The maximum absolute atomic E-state index is 12.0. The van der Waals surface area contributed by atoms with E-state index in [-0.39, 0.29) is 0 Å². The van der Waals surface area contributed by atoms with E-state index in [2.05, 4.69) is 15.9 Å². The first-order valence-corrected chi connectivity index (χ1v) is 6.75. The van der Waals surface area contributed by atoms with Crippen LogP contribution in [0.25, 0.3) is 0 Å². The van der Waals surface area contributed by atoms with Crippen molar-refractivity contribution < 1.29 is 4.79 Å². The van der Waals surface area contributed by atoms with Crippen molar-refractivity contribution in [1.29, 1.82) is 0 Å². The summed E-state index contributed by atoms with van der Waals surface area (Å²) in [5.74, 6) is 1.11. The minimum atomic E-state index is 0.297. The van der Waals surface area contributed by atoms with Crippen LogP contribution < -0.4 is 0 Å². The number of aryl methyl sites for hydroxylation is 1. The summed E-state index contributed by atoms with van der Waals surface area (Å²) in [7, 11) is 0. The molecule has 1 fully saturated rings. The van der Waals surface area contributed by atoms with Crippen molar-refractivity contribution in [2.24, 2.45) is 5.92 Å². The second kappa shape index (κ2) is 5.13. The summed E-state index contributed by atoms with van der Waals surface area (Å²) >= 11 is 3.42. The number of halogens is 1. The van der Waals surface area contributed by atoms with Crippen molar-refractivity contribution in [2.45, 2.75) is 39.0 Å². The smallest absolute Gasteiger partial charge is 0.163 e. The minimum absolute atomic E-state index is 0.297. The highest BCUT2D eigenvalue weighted by atomic mass is 79.9. The zero-order valence-corrected chi connectivity index (χ0v) is 11.2. The van der Waals surface area contributed by atoms with Gasteiger partial charge >= 0.3 is 0 Å². The lowest BCUT2D eigenvalue weighted by molar-refractivity contribution is 0.0965. The molecule has 1 saturated carbocycles. The van der Waals surface area contributed by atoms with Crippen LogP contribution in [-0.2, 0) is 0 Å². The van der Waals surface area contributed by atoms with E-state index in [0.717, 1.165) is 27.9 Å². The molecule has 2 rings (SSSR count). The van der Waals surface area contributed by atoms with Gasteiger partial charge in [0.15, 0.2) is 5.78 Å². The van der Waals surface area contributed by atoms with Crippen molar-refractivity contribution in [3.05, 3.63) is 33.8 Å². The third-order valence-electron chi connectivity index (χ3n) is 3.50. The van der Waals surface area contributed by atoms with Crippen LogP contribution >= 0.6 is 15.9 Å². The summed E-state index contributed by atoms with van der Waals surface area (Å²) in [5, 5.41) is 0. The zero-order chi connectivity index (χ0) is 11.5. The van der Waals surface area contributed by atoms with Crippen LogP contribution in [0, 0.1) is 12.8 Å². The Balaban J connectivity index is 1.99. The molecule has 0 spiro atoms. The van der Waals surface area contributed by atoms with E-state index >= 15 is 0 Å². The standard InChI is InChI=1S/C14H17BrO/c1-10-5-7-12(15)9-13(10)14(16)8-6-11-3-2-4-11/h5,7,9,11H,2-4,6,8H2,1H3. The molecular weight excluding hydrogens is 264 g/mol. The van der Waals surface area contributed by atoms with Gasteiger partial charge < -0.3 is 0 Å². The molecule has 1 nitrogen and oxygen atoms in total. The lowest BCUT2D eigenvalue weighted by Gasteiger charge is -2.24. The minimum Gasteiger partial charge on any atom is -0.294 e. The number of ketones is 1. The van der Waals surface area contributed by atoms with Crippen LogP contribution in [0.1, 0.15) is 48.0 Å². The summed E-state index contributed by atoms with van der Waals surface area (Å²) in [5.41, 5.74) is 1.97. The van der Waals surface area contributed by atoms with Crippen molar-refractivity contribution in [3.63, 3.8) is 0 Å². The Morgan fingerprint density at radius 1 is 1.44 bits per heavy atom. The molecule has 0 heterocycles. The van der Waals surface area contributed by atoms with Gasteiger partial charge in [-0.25, -0.2) is 0 Å². The highest BCUT2D eigenvalue weighted by Gasteiger charge is 2.19. The quantitative estimate of drug-likeness (QED) is 0.741. The van der Waals surface area contributed by atoms with E-state index < -0.39 is 0 Å². The number of rotatable bonds is 4. The Morgan fingerprint density at radius 3 is 2.81 bits per heavy atom. The van der Waals surface area contributed by atoms with E-state index in [4.69, 9.17) is 0 Å². The van der Waals surface area contributed by atoms with Crippen molar-refractivity contribution in [1.82, 2.24) is 0 Å². The Kier molecular flexibility index (Phi) is 3.80. The van der Waals surface area contributed by atoms with Crippen molar-refractivity contribution in [3.8, 4) is 0 Å². The number of carbonyl (C=O) groups is 1. The Bertz CT molecular complexity index is 394. The van der Waals surface area contributed by atoms with Gasteiger partial charge in [0.25, 0.3) is 0 Å². The van der Waals surface area contributed by atoms with Gasteiger partial charge in [-0.05, 0) is 37.0 Å². The number of hydrogen-bond acceptors (Lipinski definition) is 1. The maximum Gasteiger partial charge on any atom is 0.163 e. The van der Waals surface area contributed by atoms with Gasteiger partial charge in [-0.2, -0.15) is 0 Å². The Morgan fingerprint density at radius 2 is 2.19 bits per heavy atom. The second-order valence-corrected chi connectivity index (χ2v) is 5.63. The predicted molar refractivity (Wildman–Crippen MR) is 69.8 cm³/mol. The lowest BCUT2D eigenvalue weighted by Crippen LogP contribution is -2.13. The predicted octanol–water partition coefficient (Wildman–Crippen LogP) is 4.52. The number of hydrogen-bond donors (Lipinski definition) is 0. The van der Waals surface area contributed by atoms with Gasteiger partial charge in [-0.1, -0.05) is 41.3 Å². The summed E-state index contributed by atoms with van der Waals surface area (Å²) in [6, 6.07) is 5.93. The third-order valence-corrected chi connectivity index (χ3v) is 4.00. The molecule has 2 heteroatoms. The molecule has 1 aliphatic carbocycles. The van der Waals surface area contributed by atoms with E-state index in [1.807, 2.05) is 25.1 Å². The summed E-state index contributed by atoms with van der Waals surface area (Å²) in [4.78, 5) is 12.0. The van der Waals surface area contributed by atoms with E-state index in [1.165, 1.54) is 19.3 Å². The molecule has 1 aromatic carbocycles. The molecule has 1 aromatic rings. The third kappa shape index (κ3) is 2.73. The summed E-state index contributed by atoms with van der Waals surface area (Å²) < 4.78 is 0.991. The van der Waals surface area contributed by atoms with Gasteiger partial charge in [-0.3, -0.25) is 4.79 Å². The molecule has 0 bridgehead atoms. The van der Waals surface area contributed by atoms with Gasteiger partial charge in [0.05, 0.1) is 0 Å². The van der Waals surface area contributed by atoms with Crippen LogP contribution in [0.4, 0.5) is 0 Å².